The van der Waals surface area contributed by atoms with Gasteiger partial charge in [0.2, 0.25) is 0 Å². The highest BCUT2D eigenvalue weighted by atomic mass is 16.5. The summed E-state index contributed by atoms with van der Waals surface area (Å²) in [5.74, 6) is 1.29. The maximum Gasteiger partial charge on any atom is 0.127 e. The first-order valence-electron chi connectivity index (χ1n) is 7.55. The number of methoxy groups -OCH3 is 1. The molecule has 4 nitrogen and oxygen atoms in total. The molecule has 1 aromatic carbocycles. The van der Waals surface area contributed by atoms with E-state index in [2.05, 4.69) is 30.1 Å². The van der Waals surface area contributed by atoms with Crippen molar-refractivity contribution in [3.8, 4) is 11.8 Å². The summed E-state index contributed by atoms with van der Waals surface area (Å²) in [6.45, 7) is 4.87. The summed E-state index contributed by atoms with van der Waals surface area (Å²) < 4.78 is 5.28. The van der Waals surface area contributed by atoms with Gasteiger partial charge in [-0.05, 0) is 44.7 Å². The van der Waals surface area contributed by atoms with Crippen molar-refractivity contribution in [3.05, 3.63) is 24.3 Å². The number of likely N-dealkylation sites (N-methyl/N-ethyl adjacent to an activating group) is 1. The molecule has 114 valence electrons. The summed E-state index contributed by atoms with van der Waals surface area (Å²) >= 11 is 0. The number of nitrogens with one attached hydrogen (secondary N) is 1. The maximum atomic E-state index is 9.77. The number of hydrogen-bond donors (Lipinski definition) is 1. The molecule has 0 radical (unpaired) electrons. The molecule has 0 spiro atoms. The minimum absolute atomic E-state index is 0.295. The predicted molar refractivity (Wildman–Crippen MR) is 85.6 cm³/mol. The van der Waals surface area contributed by atoms with Crippen LogP contribution in [0.5, 0.6) is 5.75 Å². The quantitative estimate of drug-likeness (QED) is 0.838. The highest BCUT2D eigenvalue weighted by molar-refractivity contribution is 5.51. The molecule has 4 heteroatoms. The Morgan fingerprint density at radius 3 is 2.71 bits per heavy atom. The first-order chi connectivity index (χ1) is 10.0. The van der Waals surface area contributed by atoms with Crippen molar-refractivity contribution in [1.82, 2.24) is 5.32 Å². The van der Waals surface area contributed by atoms with Crippen molar-refractivity contribution in [2.45, 2.75) is 38.3 Å². The van der Waals surface area contributed by atoms with Crippen molar-refractivity contribution < 1.29 is 4.74 Å². The van der Waals surface area contributed by atoms with Gasteiger partial charge in [0.1, 0.15) is 11.3 Å². The van der Waals surface area contributed by atoms with Crippen LogP contribution in [-0.2, 0) is 0 Å². The van der Waals surface area contributed by atoms with Crippen LogP contribution >= 0.6 is 0 Å². The molecule has 1 aromatic rings. The van der Waals surface area contributed by atoms with E-state index < -0.39 is 5.54 Å². The highest BCUT2D eigenvalue weighted by Gasteiger charge is 2.46. The zero-order valence-electron chi connectivity index (χ0n) is 13.4. The van der Waals surface area contributed by atoms with Crippen LogP contribution in [-0.4, -0.2) is 32.3 Å². The molecule has 2 rings (SSSR count). The molecule has 0 aliphatic heterocycles. The van der Waals surface area contributed by atoms with E-state index in [0.29, 0.717) is 18.5 Å². The summed E-state index contributed by atoms with van der Waals surface area (Å²) in [4.78, 5) is 2.14. The smallest absolute Gasteiger partial charge is 0.127 e. The number of hydrogen-bond acceptors (Lipinski definition) is 4. The molecule has 0 heterocycles. The molecular weight excluding hydrogens is 262 g/mol. The third-order valence-corrected chi connectivity index (χ3v) is 4.00. The van der Waals surface area contributed by atoms with Crippen LogP contribution in [0.2, 0.25) is 0 Å². The fourth-order valence-corrected chi connectivity index (χ4v) is 2.86. The predicted octanol–water partition coefficient (Wildman–Crippen LogP) is 2.80. The van der Waals surface area contributed by atoms with Crippen molar-refractivity contribution in [2.24, 2.45) is 5.92 Å². The number of rotatable bonds is 7. The van der Waals surface area contributed by atoms with E-state index in [0.717, 1.165) is 24.3 Å². The minimum Gasteiger partial charge on any atom is -0.497 e. The second-order valence-electron chi connectivity index (χ2n) is 6.21. The Kier molecular flexibility index (Phi) is 4.74. The molecule has 0 amide bonds. The average molecular weight is 287 g/mol. The van der Waals surface area contributed by atoms with Gasteiger partial charge in [-0.25, -0.2) is 0 Å². The Hall–Kier alpha value is -1.73. The minimum atomic E-state index is -0.466. The Morgan fingerprint density at radius 1 is 1.48 bits per heavy atom. The first kappa shape index (κ1) is 15.7. The summed E-state index contributed by atoms with van der Waals surface area (Å²) in [6, 6.07) is 10.8. The van der Waals surface area contributed by atoms with Crippen LogP contribution in [0.15, 0.2) is 24.3 Å². The van der Waals surface area contributed by atoms with Gasteiger partial charge in [0.05, 0.1) is 13.2 Å². The largest absolute Gasteiger partial charge is 0.497 e. The lowest BCUT2D eigenvalue weighted by atomic mass is 9.93. The normalized spacial score (nSPS) is 17.1. The average Bonchev–Trinajstić information content (AvgIpc) is 3.31. The van der Waals surface area contributed by atoms with Crippen molar-refractivity contribution in [1.29, 1.82) is 5.26 Å². The number of nitriles is 1. The second-order valence-corrected chi connectivity index (χ2v) is 6.21. The molecule has 1 aliphatic rings. The van der Waals surface area contributed by atoms with Crippen molar-refractivity contribution in [2.75, 3.05) is 25.6 Å². The fraction of sp³-hybridized carbons (Fsp3) is 0.588. The van der Waals surface area contributed by atoms with Gasteiger partial charge in [0.25, 0.3) is 0 Å². The lowest BCUT2D eigenvalue weighted by Gasteiger charge is -2.35. The Morgan fingerprint density at radius 2 is 2.19 bits per heavy atom. The molecule has 0 saturated heterocycles. The summed E-state index contributed by atoms with van der Waals surface area (Å²) in [7, 11) is 3.70. The van der Waals surface area contributed by atoms with E-state index >= 15 is 0 Å². The number of benzene rings is 1. The van der Waals surface area contributed by atoms with E-state index in [1.165, 1.54) is 0 Å². The number of ether oxygens (including phenoxy) is 1. The van der Waals surface area contributed by atoms with Gasteiger partial charge in [-0.2, -0.15) is 5.26 Å². The number of anilines is 1. The fourth-order valence-electron chi connectivity index (χ4n) is 2.86. The van der Waals surface area contributed by atoms with Gasteiger partial charge in [-0.1, -0.05) is 6.07 Å². The lowest BCUT2D eigenvalue weighted by Crippen LogP contribution is -2.56. The third kappa shape index (κ3) is 3.68. The molecule has 1 saturated carbocycles. The van der Waals surface area contributed by atoms with Crippen LogP contribution in [0.4, 0.5) is 5.69 Å². The molecule has 1 unspecified atom stereocenters. The van der Waals surface area contributed by atoms with E-state index in [4.69, 9.17) is 4.74 Å². The standard InChI is InChI=1S/C17H25N3O/c1-13(2)19-17(11-18,14-8-9-14)12-20(3)15-6-5-7-16(10-15)21-4/h5-7,10,13-14,19H,8-9,12H2,1-4H3. The molecule has 1 aliphatic carbocycles. The van der Waals surface area contributed by atoms with Gasteiger partial charge < -0.3 is 9.64 Å². The lowest BCUT2D eigenvalue weighted by molar-refractivity contribution is 0.339. The van der Waals surface area contributed by atoms with Gasteiger partial charge >= 0.3 is 0 Å². The van der Waals surface area contributed by atoms with Crippen molar-refractivity contribution >= 4 is 5.69 Å². The van der Waals surface area contributed by atoms with E-state index in [-0.39, 0.29) is 0 Å². The van der Waals surface area contributed by atoms with Crippen LogP contribution in [0, 0.1) is 17.2 Å². The summed E-state index contributed by atoms with van der Waals surface area (Å²) in [5.41, 5.74) is 0.603. The van der Waals surface area contributed by atoms with Crippen LogP contribution < -0.4 is 15.0 Å². The molecule has 1 N–H and O–H groups in total. The molecule has 1 fully saturated rings. The monoisotopic (exact) mass is 287 g/mol. The van der Waals surface area contributed by atoms with Crippen molar-refractivity contribution in [3.63, 3.8) is 0 Å². The number of nitrogens with zero attached hydrogens (tertiary/aromatic N) is 2. The van der Waals surface area contributed by atoms with E-state index in [9.17, 15) is 5.26 Å². The van der Waals surface area contributed by atoms with Gasteiger partial charge in [0, 0.05) is 31.4 Å². The second kappa shape index (κ2) is 6.36. The third-order valence-electron chi connectivity index (χ3n) is 4.00. The van der Waals surface area contributed by atoms with Gasteiger partial charge in [-0.3, -0.25) is 5.32 Å². The first-order valence-corrected chi connectivity index (χ1v) is 7.55. The molecule has 21 heavy (non-hydrogen) atoms. The topological polar surface area (TPSA) is 48.3 Å². The zero-order valence-corrected chi connectivity index (χ0v) is 13.4. The molecular formula is C17H25N3O. The van der Waals surface area contributed by atoms with Crippen LogP contribution in [0.25, 0.3) is 0 Å². The SMILES string of the molecule is COc1cccc(N(C)CC(C#N)(NC(C)C)C2CC2)c1. The van der Waals surface area contributed by atoms with Gasteiger partial charge in [0.15, 0.2) is 0 Å². The van der Waals surface area contributed by atoms with E-state index in [1.54, 1.807) is 7.11 Å². The Labute approximate surface area is 127 Å². The highest BCUT2D eigenvalue weighted by Crippen LogP contribution is 2.40. The Balaban J connectivity index is 2.17. The zero-order chi connectivity index (χ0) is 15.5. The maximum absolute atomic E-state index is 9.77. The van der Waals surface area contributed by atoms with E-state index in [1.807, 2.05) is 31.3 Å². The van der Waals surface area contributed by atoms with Crippen LogP contribution in [0.1, 0.15) is 26.7 Å². The molecule has 1 atom stereocenters. The summed E-state index contributed by atoms with van der Waals surface area (Å²) in [6.07, 6.45) is 2.28. The summed E-state index contributed by atoms with van der Waals surface area (Å²) in [5, 5.41) is 13.3. The molecule has 0 bridgehead atoms. The Bertz CT molecular complexity index is 519. The molecule has 0 aromatic heterocycles. The van der Waals surface area contributed by atoms with Crippen LogP contribution in [0.3, 0.4) is 0 Å². The van der Waals surface area contributed by atoms with Gasteiger partial charge in [-0.15, -0.1) is 0 Å².